The van der Waals surface area contributed by atoms with Crippen molar-refractivity contribution >= 4 is 21.5 Å². The van der Waals surface area contributed by atoms with E-state index >= 15 is 0 Å². The average Bonchev–Trinajstić information content (AvgIpc) is 2.64. The van der Waals surface area contributed by atoms with Crippen LogP contribution in [0.4, 0.5) is 14.5 Å². The Morgan fingerprint density at radius 3 is 2.78 bits per heavy atom. The van der Waals surface area contributed by atoms with Gasteiger partial charge in [-0.2, -0.15) is 8.42 Å². The third kappa shape index (κ3) is 3.72. The van der Waals surface area contributed by atoms with Crippen LogP contribution < -0.4 is 5.32 Å². The van der Waals surface area contributed by atoms with Crippen LogP contribution in [-0.2, 0) is 16.6 Å². The number of benzene rings is 2. The highest BCUT2D eigenvalue weighted by atomic mass is 32.2. The van der Waals surface area contributed by atoms with Gasteiger partial charge in [0.15, 0.2) is 11.6 Å². The zero-order chi connectivity index (χ0) is 19.0. The van der Waals surface area contributed by atoms with Gasteiger partial charge in [-0.1, -0.05) is 18.2 Å². The summed E-state index contributed by atoms with van der Waals surface area (Å²) in [7, 11) is -3.71. The number of likely N-dealkylation sites (tertiary alicyclic amines) is 1. The number of nitrogens with zero attached hydrogens (tertiary/aromatic N) is 2. The van der Waals surface area contributed by atoms with Crippen LogP contribution in [0.1, 0.15) is 18.4 Å². The molecular formula is C19H19F2N3O2S. The van der Waals surface area contributed by atoms with Gasteiger partial charge in [0.05, 0.1) is 5.69 Å². The van der Waals surface area contributed by atoms with E-state index in [1.54, 1.807) is 24.3 Å². The summed E-state index contributed by atoms with van der Waals surface area (Å²) < 4.78 is 55.4. The quantitative estimate of drug-likeness (QED) is 0.871. The molecule has 1 fully saturated rings. The number of para-hydroxylation sites is 1. The molecule has 142 valence electrons. The summed E-state index contributed by atoms with van der Waals surface area (Å²) in [6, 6.07) is 10.6. The molecular weight excluding hydrogens is 372 g/mol. The Kier molecular flexibility index (Phi) is 4.69. The Bertz CT molecular complexity index is 1010. The summed E-state index contributed by atoms with van der Waals surface area (Å²) in [5.41, 5.74) is 1.23. The number of fused-ring (bicyclic) bond motifs is 1. The summed E-state index contributed by atoms with van der Waals surface area (Å²) in [5, 5.41) is 3.16. The van der Waals surface area contributed by atoms with Gasteiger partial charge >= 0.3 is 0 Å². The first-order chi connectivity index (χ1) is 12.9. The van der Waals surface area contributed by atoms with Crippen molar-refractivity contribution in [1.82, 2.24) is 4.90 Å². The molecule has 27 heavy (non-hydrogen) atoms. The molecule has 1 atom stereocenters. The highest BCUT2D eigenvalue weighted by Gasteiger charge is 2.31. The lowest BCUT2D eigenvalue weighted by Gasteiger charge is -2.34. The van der Waals surface area contributed by atoms with Gasteiger partial charge in [0.1, 0.15) is 10.7 Å². The molecule has 0 amide bonds. The first-order valence-corrected chi connectivity index (χ1v) is 10.2. The van der Waals surface area contributed by atoms with E-state index in [0.717, 1.165) is 25.5 Å². The van der Waals surface area contributed by atoms with Crippen molar-refractivity contribution in [2.24, 2.45) is 10.3 Å². The standard InChI is InChI=1S/C19H19F2N3O2S/c20-15-8-7-13(10-16(15)21)11-24-9-3-4-14(12-24)19-22-17-5-1-2-6-18(17)27(25,26)23-19/h1-2,5-8,10,14H,3-4,9,11-12H2,(H,22,23)/t14-/m1/s1. The van der Waals surface area contributed by atoms with Gasteiger partial charge in [-0.3, -0.25) is 4.90 Å². The maximum absolute atomic E-state index is 13.4. The predicted molar refractivity (Wildman–Crippen MR) is 99.0 cm³/mol. The SMILES string of the molecule is O=S1(=O)N=C([C@@H]2CCCN(Cc3ccc(F)c(F)c3)C2)Nc2ccccc21. The zero-order valence-electron chi connectivity index (χ0n) is 14.5. The fourth-order valence-electron chi connectivity index (χ4n) is 3.63. The molecule has 0 unspecified atom stereocenters. The second-order valence-corrected chi connectivity index (χ2v) is 8.47. The van der Waals surface area contributed by atoms with Crippen molar-refractivity contribution in [2.75, 3.05) is 18.4 Å². The lowest BCUT2D eigenvalue weighted by atomic mass is 9.96. The lowest BCUT2D eigenvalue weighted by molar-refractivity contribution is 0.196. The maximum Gasteiger partial charge on any atom is 0.286 e. The molecule has 0 bridgehead atoms. The topological polar surface area (TPSA) is 61.8 Å². The van der Waals surface area contributed by atoms with Crippen molar-refractivity contribution in [2.45, 2.75) is 24.3 Å². The number of amidine groups is 1. The van der Waals surface area contributed by atoms with Gasteiger partial charge in [0.25, 0.3) is 10.0 Å². The van der Waals surface area contributed by atoms with Crippen molar-refractivity contribution in [1.29, 1.82) is 0 Å². The number of rotatable bonds is 3. The van der Waals surface area contributed by atoms with Crippen LogP contribution in [0.5, 0.6) is 0 Å². The minimum Gasteiger partial charge on any atom is -0.342 e. The van der Waals surface area contributed by atoms with Crippen molar-refractivity contribution < 1.29 is 17.2 Å². The van der Waals surface area contributed by atoms with Gasteiger partial charge in [-0.25, -0.2) is 8.78 Å². The summed E-state index contributed by atoms with van der Waals surface area (Å²) in [6.45, 7) is 1.89. The third-order valence-electron chi connectivity index (χ3n) is 4.93. The average molecular weight is 391 g/mol. The number of anilines is 1. The number of nitrogens with one attached hydrogen (secondary N) is 1. The smallest absolute Gasteiger partial charge is 0.286 e. The first kappa shape index (κ1) is 18.1. The van der Waals surface area contributed by atoms with Crippen LogP contribution >= 0.6 is 0 Å². The Balaban J connectivity index is 1.52. The number of halogens is 2. The number of sulfonamides is 1. The minimum atomic E-state index is -3.71. The van der Waals surface area contributed by atoms with E-state index in [9.17, 15) is 17.2 Å². The second kappa shape index (κ2) is 7.01. The Labute approximate surface area is 156 Å². The van der Waals surface area contributed by atoms with Crippen molar-refractivity contribution in [3.63, 3.8) is 0 Å². The molecule has 0 aromatic heterocycles. The molecule has 2 aliphatic heterocycles. The van der Waals surface area contributed by atoms with Crippen LogP contribution in [0.2, 0.25) is 0 Å². The Morgan fingerprint density at radius 1 is 1.15 bits per heavy atom. The molecule has 2 aromatic rings. The summed E-state index contributed by atoms with van der Waals surface area (Å²) in [4.78, 5) is 2.29. The summed E-state index contributed by atoms with van der Waals surface area (Å²) in [5.74, 6) is -1.34. The minimum absolute atomic E-state index is 0.0628. The highest BCUT2D eigenvalue weighted by molar-refractivity contribution is 7.90. The third-order valence-corrected chi connectivity index (χ3v) is 6.28. The molecule has 0 aliphatic carbocycles. The van der Waals surface area contributed by atoms with Crippen LogP contribution in [0.25, 0.3) is 0 Å². The first-order valence-electron chi connectivity index (χ1n) is 8.79. The van der Waals surface area contributed by atoms with Crippen LogP contribution in [-0.4, -0.2) is 32.2 Å². The van der Waals surface area contributed by atoms with Crippen molar-refractivity contribution in [3.8, 4) is 0 Å². The van der Waals surface area contributed by atoms with E-state index in [2.05, 4.69) is 14.6 Å². The molecule has 2 heterocycles. The van der Waals surface area contributed by atoms with E-state index in [1.165, 1.54) is 12.1 Å². The van der Waals surface area contributed by atoms with Gasteiger partial charge in [0.2, 0.25) is 0 Å². The Hall–Kier alpha value is -2.32. The molecule has 0 saturated carbocycles. The molecule has 2 aliphatic rings. The van der Waals surface area contributed by atoms with Gasteiger partial charge in [0, 0.05) is 19.0 Å². The molecule has 2 aromatic carbocycles. The van der Waals surface area contributed by atoms with E-state index < -0.39 is 21.7 Å². The summed E-state index contributed by atoms with van der Waals surface area (Å²) in [6.07, 6.45) is 1.69. The van der Waals surface area contributed by atoms with E-state index in [0.29, 0.717) is 30.2 Å². The monoisotopic (exact) mass is 391 g/mol. The van der Waals surface area contributed by atoms with E-state index in [-0.39, 0.29) is 10.8 Å². The molecule has 1 saturated heterocycles. The lowest BCUT2D eigenvalue weighted by Crippen LogP contribution is -2.41. The molecule has 8 heteroatoms. The second-order valence-electron chi connectivity index (χ2n) is 6.90. The van der Waals surface area contributed by atoms with E-state index in [4.69, 9.17) is 0 Å². The largest absolute Gasteiger partial charge is 0.342 e. The molecule has 0 radical (unpaired) electrons. The fourth-order valence-corrected chi connectivity index (χ4v) is 4.83. The van der Waals surface area contributed by atoms with E-state index in [1.807, 2.05) is 0 Å². The molecule has 4 rings (SSSR count). The molecule has 0 spiro atoms. The predicted octanol–water partition coefficient (Wildman–Crippen LogP) is 3.39. The normalized spacial score (nSPS) is 21.9. The van der Waals surface area contributed by atoms with Crippen LogP contribution in [0.3, 0.4) is 0 Å². The zero-order valence-corrected chi connectivity index (χ0v) is 15.3. The Morgan fingerprint density at radius 2 is 1.96 bits per heavy atom. The number of piperidine rings is 1. The van der Waals surface area contributed by atoms with Crippen LogP contribution in [0.15, 0.2) is 51.8 Å². The van der Waals surface area contributed by atoms with Gasteiger partial charge in [-0.15, -0.1) is 4.40 Å². The van der Waals surface area contributed by atoms with Crippen LogP contribution in [0, 0.1) is 17.6 Å². The maximum atomic E-state index is 13.4. The van der Waals surface area contributed by atoms with Gasteiger partial charge in [-0.05, 0) is 49.2 Å². The molecule has 1 N–H and O–H groups in total. The highest BCUT2D eigenvalue weighted by Crippen LogP contribution is 2.30. The number of hydrogen-bond donors (Lipinski definition) is 1. The van der Waals surface area contributed by atoms with Crippen molar-refractivity contribution in [3.05, 3.63) is 59.7 Å². The molecule has 5 nitrogen and oxygen atoms in total. The summed E-state index contributed by atoms with van der Waals surface area (Å²) >= 11 is 0. The number of hydrogen-bond acceptors (Lipinski definition) is 4. The van der Waals surface area contributed by atoms with Gasteiger partial charge < -0.3 is 5.32 Å². The fraction of sp³-hybridized carbons (Fsp3) is 0.316.